The van der Waals surface area contributed by atoms with Crippen LogP contribution >= 0.6 is 0 Å². The molecule has 1 heterocycles. The molecule has 24 heavy (non-hydrogen) atoms. The number of aliphatic hydroxyl groups is 2. The summed E-state index contributed by atoms with van der Waals surface area (Å²) >= 11 is 0. The lowest BCUT2D eigenvalue weighted by Crippen LogP contribution is -2.03. The van der Waals surface area contributed by atoms with Crippen molar-refractivity contribution in [1.29, 1.82) is 0 Å². The molecular weight excluding hydrogens is 320 g/mol. The van der Waals surface area contributed by atoms with Crippen LogP contribution in [-0.4, -0.2) is 59.7 Å². The van der Waals surface area contributed by atoms with Crippen LogP contribution in [-0.2, 0) is 14.3 Å². The van der Waals surface area contributed by atoms with Gasteiger partial charge in [-0.3, -0.25) is 0 Å². The number of carbonyl (C=O) groups excluding carboxylic acids is 2. The van der Waals surface area contributed by atoms with Gasteiger partial charge in [0, 0.05) is 5.57 Å². The molecule has 0 atom stereocenters. The smallest absolute Gasteiger partial charge is 0.346 e. The molecule has 0 unspecified atom stereocenters. The number of ether oxygens (including phenoxy) is 2. The third-order valence-electron chi connectivity index (χ3n) is 2.39. The summed E-state index contributed by atoms with van der Waals surface area (Å²) in [6.07, 6.45) is 0. The molecule has 0 spiro atoms. The Labute approximate surface area is 138 Å². The Morgan fingerprint density at radius 1 is 1.08 bits per heavy atom. The second kappa shape index (κ2) is 11.9. The predicted molar refractivity (Wildman–Crippen MR) is 83.6 cm³/mol. The highest BCUT2D eigenvalue weighted by atomic mass is 16.6. The highest BCUT2D eigenvalue weighted by Gasteiger charge is 2.28. The number of aliphatic carboxylic acids is 1. The predicted octanol–water partition coefficient (Wildman–Crippen LogP) is 0.632. The second-order valence-electron chi connectivity index (χ2n) is 4.37. The van der Waals surface area contributed by atoms with Crippen molar-refractivity contribution < 1.29 is 39.2 Å². The van der Waals surface area contributed by atoms with Crippen LogP contribution in [0.25, 0.3) is 0 Å². The van der Waals surface area contributed by atoms with Crippen LogP contribution in [0.3, 0.4) is 0 Å². The van der Waals surface area contributed by atoms with Crippen LogP contribution in [0.4, 0.5) is 0 Å². The van der Waals surface area contributed by atoms with Gasteiger partial charge < -0.3 is 24.8 Å². The molecule has 0 saturated carbocycles. The lowest BCUT2D eigenvalue weighted by atomic mass is 10.1. The van der Waals surface area contributed by atoms with Crippen LogP contribution < -0.4 is 0 Å². The third kappa shape index (κ3) is 8.18. The highest BCUT2D eigenvalue weighted by molar-refractivity contribution is 6.14. The van der Waals surface area contributed by atoms with Gasteiger partial charge in [0.15, 0.2) is 0 Å². The Kier molecular flexibility index (Phi) is 10.7. The zero-order chi connectivity index (χ0) is 18.5. The zero-order valence-corrected chi connectivity index (χ0v) is 13.2. The Morgan fingerprint density at radius 2 is 1.46 bits per heavy atom. The van der Waals surface area contributed by atoms with E-state index in [0.717, 1.165) is 0 Å². The Bertz CT molecular complexity index is 530. The average Bonchev–Trinajstić information content (AvgIpc) is 2.84. The number of carboxylic acid groups (broad SMARTS) is 1. The average molecular weight is 340 g/mol. The molecule has 1 aromatic rings. The minimum Gasteiger partial charge on any atom is -0.478 e. The summed E-state index contributed by atoms with van der Waals surface area (Å²) in [5.41, 5.74) is 0.894. The maximum Gasteiger partial charge on any atom is 0.346 e. The van der Waals surface area contributed by atoms with E-state index in [4.69, 9.17) is 15.3 Å². The molecular formula is C16H20O8. The summed E-state index contributed by atoms with van der Waals surface area (Å²) in [6.45, 7) is 5.30. The van der Waals surface area contributed by atoms with Gasteiger partial charge >= 0.3 is 17.9 Å². The molecule has 8 nitrogen and oxygen atoms in total. The monoisotopic (exact) mass is 340 g/mol. The first-order chi connectivity index (χ1) is 11.3. The first kappa shape index (κ1) is 21.4. The quantitative estimate of drug-likeness (QED) is 0.308. The highest BCUT2D eigenvalue weighted by Crippen LogP contribution is 2.18. The number of cyclic esters (lactones) is 2. The number of aliphatic hydroxyl groups excluding tert-OH is 2. The SMILES string of the molecule is C=C(C)C(=O)O.O=C1OC(=O)c2ccccc21.OCCOCCO. The summed E-state index contributed by atoms with van der Waals surface area (Å²) in [5, 5.41) is 24.1. The van der Waals surface area contributed by atoms with Gasteiger partial charge in [-0.1, -0.05) is 18.7 Å². The molecule has 0 radical (unpaired) electrons. The zero-order valence-electron chi connectivity index (χ0n) is 13.2. The first-order valence-corrected chi connectivity index (χ1v) is 6.88. The summed E-state index contributed by atoms with van der Waals surface area (Å²) < 4.78 is 8.99. The van der Waals surface area contributed by atoms with E-state index in [1.807, 2.05) is 0 Å². The Balaban J connectivity index is 0.000000357. The van der Waals surface area contributed by atoms with Crippen LogP contribution in [0, 0.1) is 0 Å². The third-order valence-corrected chi connectivity index (χ3v) is 2.39. The van der Waals surface area contributed by atoms with Gasteiger partial charge in [0.25, 0.3) is 0 Å². The molecule has 1 aliphatic heterocycles. The standard InChI is InChI=1S/C8H4O3.C4H10O3.C4H6O2/c9-7-5-3-1-2-4-6(5)8(10)11-7;5-1-3-7-4-2-6;1-3(2)4(5)6/h1-4H;5-6H,1-4H2;1H2,2H3,(H,5,6). The molecule has 1 aromatic carbocycles. The van der Waals surface area contributed by atoms with Crippen molar-refractivity contribution in [2.75, 3.05) is 26.4 Å². The molecule has 132 valence electrons. The molecule has 3 N–H and O–H groups in total. The van der Waals surface area contributed by atoms with Gasteiger partial charge in [-0.05, 0) is 19.1 Å². The number of esters is 2. The summed E-state index contributed by atoms with van der Waals surface area (Å²) in [5.74, 6) is -2.04. The van der Waals surface area contributed by atoms with E-state index in [9.17, 15) is 14.4 Å². The van der Waals surface area contributed by atoms with E-state index in [-0.39, 0.29) is 18.8 Å². The maximum absolute atomic E-state index is 10.8. The van der Waals surface area contributed by atoms with E-state index in [1.54, 1.807) is 24.3 Å². The van der Waals surface area contributed by atoms with Crippen molar-refractivity contribution in [1.82, 2.24) is 0 Å². The fourth-order valence-corrected chi connectivity index (χ4v) is 1.26. The molecule has 0 saturated heterocycles. The largest absolute Gasteiger partial charge is 0.478 e. The minimum atomic E-state index is -0.935. The molecule has 0 bridgehead atoms. The van der Waals surface area contributed by atoms with E-state index in [1.165, 1.54) is 6.92 Å². The van der Waals surface area contributed by atoms with Crippen molar-refractivity contribution in [2.45, 2.75) is 6.92 Å². The summed E-state index contributed by atoms with van der Waals surface area (Å²) in [7, 11) is 0. The van der Waals surface area contributed by atoms with Gasteiger partial charge in [-0.2, -0.15) is 0 Å². The fourth-order valence-electron chi connectivity index (χ4n) is 1.26. The van der Waals surface area contributed by atoms with Crippen LogP contribution in [0.15, 0.2) is 36.4 Å². The molecule has 0 fully saturated rings. The Hall–Kier alpha value is -2.55. The number of hydrogen-bond acceptors (Lipinski definition) is 7. The second-order valence-corrected chi connectivity index (χ2v) is 4.37. The number of carbonyl (C=O) groups is 3. The summed E-state index contributed by atoms with van der Waals surface area (Å²) in [6, 6.07) is 6.53. The van der Waals surface area contributed by atoms with Crippen molar-refractivity contribution in [3.05, 3.63) is 47.5 Å². The van der Waals surface area contributed by atoms with Crippen LogP contribution in [0.2, 0.25) is 0 Å². The van der Waals surface area contributed by atoms with Crippen LogP contribution in [0.1, 0.15) is 27.6 Å². The van der Waals surface area contributed by atoms with Crippen molar-refractivity contribution in [3.8, 4) is 0 Å². The molecule has 0 aromatic heterocycles. The number of rotatable bonds is 5. The molecule has 8 heteroatoms. The van der Waals surface area contributed by atoms with Gasteiger partial charge in [0.2, 0.25) is 0 Å². The minimum absolute atomic E-state index is 0.0278. The van der Waals surface area contributed by atoms with E-state index < -0.39 is 17.9 Å². The van der Waals surface area contributed by atoms with Crippen molar-refractivity contribution >= 4 is 17.9 Å². The molecule has 2 rings (SSSR count). The van der Waals surface area contributed by atoms with E-state index in [2.05, 4.69) is 16.1 Å². The molecule has 1 aliphatic rings. The van der Waals surface area contributed by atoms with Gasteiger partial charge in [0.1, 0.15) is 0 Å². The van der Waals surface area contributed by atoms with Crippen molar-refractivity contribution in [2.24, 2.45) is 0 Å². The van der Waals surface area contributed by atoms with Gasteiger partial charge in [0.05, 0.1) is 37.6 Å². The number of carboxylic acids is 1. The van der Waals surface area contributed by atoms with E-state index in [0.29, 0.717) is 24.3 Å². The normalized spacial score (nSPS) is 11.3. The number of hydrogen-bond donors (Lipinski definition) is 3. The fraction of sp³-hybridized carbons (Fsp3) is 0.312. The van der Waals surface area contributed by atoms with E-state index >= 15 is 0 Å². The lowest BCUT2D eigenvalue weighted by Gasteiger charge is -1.94. The Morgan fingerprint density at radius 3 is 1.75 bits per heavy atom. The summed E-state index contributed by atoms with van der Waals surface area (Å²) in [4.78, 5) is 31.3. The van der Waals surface area contributed by atoms with Gasteiger partial charge in [-0.15, -0.1) is 0 Å². The molecule has 0 aliphatic carbocycles. The maximum atomic E-state index is 10.8. The topological polar surface area (TPSA) is 130 Å². The number of fused-ring (bicyclic) bond motifs is 1. The van der Waals surface area contributed by atoms with Gasteiger partial charge in [-0.25, -0.2) is 14.4 Å². The lowest BCUT2D eigenvalue weighted by molar-refractivity contribution is -0.132. The first-order valence-electron chi connectivity index (χ1n) is 6.88. The van der Waals surface area contributed by atoms with Crippen molar-refractivity contribution in [3.63, 3.8) is 0 Å². The number of benzene rings is 1. The molecule has 0 amide bonds. The van der Waals surface area contributed by atoms with Crippen LogP contribution in [0.5, 0.6) is 0 Å².